The van der Waals surface area contributed by atoms with Gasteiger partial charge in [-0.25, -0.2) is 0 Å². The minimum Gasteiger partial charge on any atom is -0.631 e. The van der Waals surface area contributed by atoms with Crippen LogP contribution < -0.4 is 21.2 Å². The van der Waals surface area contributed by atoms with Gasteiger partial charge in [0.05, 0.1) is 0 Å². The normalized spacial score (nSPS) is 12.1. The van der Waals surface area contributed by atoms with Crippen molar-refractivity contribution in [2.45, 2.75) is 39.3 Å². The van der Waals surface area contributed by atoms with Crippen LogP contribution in [0.5, 0.6) is 0 Å². The number of rotatable bonds is 8. The first-order chi connectivity index (χ1) is 17.5. The molecule has 0 saturated heterocycles. The summed E-state index contributed by atoms with van der Waals surface area (Å²) in [6.07, 6.45) is 0. The molecular formula is C32H42N2P2Si2Y-2. The van der Waals surface area contributed by atoms with Crippen LogP contribution in [0, 0.1) is 7.43 Å². The van der Waals surface area contributed by atoms with Crippen LogP contribution in [0.1, 0.15) is 0 Å². The van der Waals surface area contributed by atoms with Gasteiger partial charge in [0, 0.05) is 39.8 Å². The molecule has 0 unspecified atom stereocenters. The fourth-order valence-electron chi connectivity index (χ4n) is 4.66. The molecule has 0 amide bonds. The third kappa shape index (κ3) is 8.46. The molecule has 39 heavy (non-hydrogen) atoms. The van der Waals surface area contributed by atoms with Crippen molar-refractivity contribution in [3.63, 3.8) is 0 Å². The van der Waals surface area contributed by atoms with E-state index in [0.717, 1.165) is 0 Å². The molecule has 0 N–H and O–H groups in total. The molecule has 0 fully saturated rings. The van der Waals surface area contributed by atoms with Crippen molar-refractivity contribution in [2.75, 3.05) is 0 Å². The SMILES string of the molecule is C[Si](C)(C)N=P(C=P([N-][Si](C)(C)C)(c1ccccc1)c1ccccc1)(c1ccccc1)c1ccccc1.[CH3-].[Y]. The van der Waals surface area contributed by atoms with Crippen LogP contribution in [-0.2, 0) is 32.7 Å². The molecule has 0 aliphatic rings. The Balaban J connectivity index is 0.00000267. The van der Waals surface area contributed by atoms with Gasteiger partial charge in [-0.05, 0) is 21.2 Å². The van der Waals surface area contributed by atoms with E-state index in [2.05, 4.69) is 166 Å². The van der Waals surface area contributed by atoms with Gasteiger partial charge in [-0.1, -0.05) is 174 Å². The Labute approximate surface area is 265 Å². The summed E-state index contributed by atoms with van der Waals surface area (Å²) in [6.45, 7) is 14.2. The average Bonchev–Trinajstić information content (AvgIpc) is 2.88. The number of hydrogen-bond donors (Lipinski definition) is 0. The monoisotopic (exact) mass is 661 g/mol. The third-order valence-electron chi connectivity index (χ3n) is 5.85. The maximum absolute atomic E-state index is 5.92. The van der Waals surface area contributed by atoms with E-state index < -0.39 is 30.6 Å². The number of nitrogens with zero attached hydrogens (tertiary/aromatic N) is 2. The maximum Gasteiger partial charge on any atom is 0.171 e. The number of hydrogen-bond acceptors (Lipinski definition) is 1. The van der Waals surface area contributed by atoms with Gasteiger partial charge in [0.1, 0.15) is 0 Å². The summed E-state index contributed by atoms with van der Waals surface area (Å²) in [6, 6.07) is 44.1. The van der Waals surface area contributed by atoms with Crippen molar-refractivity contribution in [2.24, 2.45) is 4.41 Å². The second-order valence-corrected chi connectivity index (χ2v) is 27.4. The molecule has 4 aromatic carbocycles. The predicted molar refractivity (Wildman–Crippen MR) is 183 cm³/mol. The third-order valence-corrected chi connectivity index (χ3v) is 20.2. The largest absolute Gasteiger partial charge is 0.631 e. The minimum absolute atomic E-state index is 0. The van der Waals surface area contributed by atoms with Crippen molar-refractivity contribution in [3.8, 4) is 0 Å². The molecule has 4 aromatic rings. The van der Waals surface area contributed by atoms with Crippen molar-refractivity contribution in [1.82, 2.24) is 0 Å². The summed E-state index contributed by atoms with van der Waals surface area (Å²) in [5, 5.41) is 5.24. The zero-order valence-corrected chi connectivity index (χ0v) is 31.1. The maximum atomic E-state index is 5.92. The molecule has 203 valence electrons. The van der Waals surface area contributed by atoms with E-state index >= 15 is 0 Å². The van der Waals surface area contributed by atoms with E-state index in [9.17, 15) is 0 Å². The van der Waals surface area contributed by atoms with Gasteiger partial charge in [-0.3, -0.25) is 0 Å². The smallest absolute Gasteiger partial charge is 0.171 e. The van der Waals surface area contributed by atoms with E-state index in [4.69, 9.17) is 9.16 Å². The molecule has 0 aliphatic heterocycles. The second kappa shape index (κ2) is 14.2. The van der Waals surface area contributed by atoms with Crippen LogP contribution in [0.4, 0.5) is 0 Å². The Hall–Kier alpha value is -1.09. The van der Waals surface area contributed by atoms with Crippen LogP contribution >= 0.6 is 14.1 Å². The fraction of sp³-hybridized carbons (Fsp3) is 0.188. The Morgan fingerprint density at radius 3 is 1.13 bits per heavy atom. The summed E-state index contributed by atoms with van der Waals surface area (Å²) in [4.78, 5) is 0. The van der Waals surface area contributed by atoms with Gasteiger partial charge in [0.25, 0.3) is 0 Å². The van der Waals surface area contributed by atoms with Crippen LogP contribution in [0.25, 0.3) is 4.75 Å². The number of benzene rings is 4. The summed E-state index contributed by atoms with van der Waals surface area (Å²) in [5.74, 6) is 0. The van der Waals surface area contributed by atoms with Gasteiger partial charge in [0.15, 0.2) is 8.24 Å². The van der Waals surface area contributed by atoms with E-state index in [1.807, 2.05) is 0 Å². The Kier molecular flexibility index (Phi) is 12.4. The molecule has 0 aromatic heterocycles. The van der Waals surface area contributed by atoms with Gasteiger partial charge in [-0.15, -0.1) is 7.04 Å². The van der Waals surface area contributed by atoms with E-state index in [0.29, 0.717) is 0 Å². The first kappa shape index (κ1) is 34.1. The predicted octanol–water partition coefficient (Wildman–Crippen LogP) is 8.67. The molecule has 1 radical (unpaired) electrons. The molecular weight excluding hydrogens is 619 g/mol. The Bertz CT molecular complexity index is 1330. The van der Waals surface area contributed by atoms with Gasteiger partial charge in [-0.2, -0.15) is 0 Å². The molecule has 0 bridgehead atoms. The quantitative estimate of drug-likeness (QED) is 0.103. The standard InChI is InChI=1S/C31H39N2P2Si2.CH3.Y/c1-36(2,3)32-34(28-19-11-7-12-20-28,29-21-13-8-14-22-29)27-35(33-37(4,5)6,30-23-15-9-16-24-30)31-25-17-10-18-26-31;;/h7-27H,1-6H3;1H3;/q2*-1;. The first-order valence-corrected chi connectivity index (χ1v) is 23.4. The van der Waals surface area contributed by atoms with Gasteiger partial charge >= 0.3 is 0 Å². The molecule has 0 atom stereocenters. The summed E-state index contributed by atoms with van der Waals surface area (Å²) in [5.41, 5.74) is 2.69. The van der Waals surface area contributed by atoms with Crippen molar-refractivity contribution >= 4 is 57.3 Å². The average molecular weight is 662 g/mol. The summed E-state index contributed by atoms with van der Waals surface area (Å²) in [7, 11) is -8.42. The molecule has 7 heteroatoms. The molecule has 0 aliphatic carbocycles. The van der Waals surface area contributed by atoms with Crippen LogP contribution in [-0.4, -0.2) is 22.0 Å². The Morgan fingerprint density at radius 2 is 0.846 bits per heavy atom. The van der Waals surface area contributed by atoms with Crippen molar-refractivity contribution < 1.29 is 32.7 Å². The van der Waals surface area contributed by atoms with E-state index in [1.54, 1.807) is 0 Å². The fourth-order valence-corrected chi connectivity index (χ4v) is 22.6. The van der Waals surface area contributed by atoms with Gasteiger partial charge in [0.2, 0.25) is 0 Å². The van der Waals surface area contributed by atoms with Crippen molar-refractivity contribution in [1.29, 1.82) is 0 Å². The van der Waals surface area contributed by atoms with Crippen molar-refractivity contribution in [3.05, 3.63) is 134 Å². The molecule has 0 heterocycles. The summed E-state index contributed by atoms with van der Waals surface area (Å²) >= 11 is 0. The molecule has 0 saturated carbocycles. The van der Waals surface area contributed by atoms with Gasteiger partial charge < -0.3 is 16.6 Å². The molecule has 2 nitrogen and oxygen atoms in total. The first-order valence-electron chi connectivity index (χ1n) is 12.9. The summed E-state index contributed by atoms with van der Waals surface area (Å²) < 4.78 is 11.8. The zero-order chi connectivity index (χ0) is 26.6. The molecule has 0 spiro atoms. The molecule has 4 rings (SSSR count). The minimum atomic E-state index is -2.32. The van der Waals surface area contributed by atoms with Crippen LogP contribution in [0.2, 0.25) is 39.3 Å². The zero-order valence-electron chi connectivity index (χ0n) is 24.5. The van der Waals surface area contributed by atoms with E-state index in [1.165, 1.54) is 21.2 Å². The Morgan fingerprint density at radius 1 is 0.538 bits per heavy atom. The van der Waals surface area contributed by atoms with Crippen LogP contribution in [0.3, 0.4) is 0 Å². The second-order valence-electron chi connectivity index (χ2n) is 11.4. The van der Waals surface area contributed by atoms with E-state index in [-0.39, 0.29) is 40.1 Å². The topological polar surface area (TPSA) is 26.5 Å². The van der Waals surface area contributed by atoms with Crippen LogP contribution in [0.15, 0.2) is 126 Å².